The van der Waals surface area contributed by atoms with Gasteiger partial charge < -0.3 is 10.1 Å². The third kappa shape index (κ3) is 3.14. The van der Waals surface area contributed by atoms with Crippen LogP contribution in [0.5, 0.6) is 0 Å². The quantitative estimate of drug-likeness (QED) is 0.814. The highest BCUT2D eigenvalue weighted by atomic mass is 32.1. The molecule has 1 heterocycles. The van der Waals surface area contributed by atoms with Gasteiger partial charge in [0.1, 0.15) is 0 Å². The fourth-order valence-corrected chi connectivity index (χ4v) is 3.91. The van der Waals surface area contributed by atoms with E-state index in [0.29, 0.717) is 6.04 Å². The van der Waals surface area contributed by atoms with Crippen molar-refractivity contribution in [2.45, 2.75) is 57.1 Å². The molecule has 2 rings (SSSR count). The number of thiophene rings is 1. The zero-order chi connectivity index (χ0) is 12.8. The van der Waals surface area contributed by atoms with E-state index in [4.69, 9.17) is 4.74 Å². The average molecular weight is 267 g/mol. The second kappa shape index (κ2) is 6.69. The number of aryl methyl sites for hydroxylation is 1. The van der Waals surface area contributed by atoms with Crippen molar-refractivity contribution in [3.63, 3.8) is 0 Å². The molecule has 102 valence electrons. The van der Waals surface area contributed by atoms with E-state index in [0.717, 1.165) is 13.0 Å². The maximum atomic E-state index is 5.92. The van der Waals surface area contributed by atoms with Crippen molar-refractivity contribution in [1.29, 1.82) is 0 Å². The molecule has 0 saturated heterocycles. The van der Waals surface area contributed by atoms with Gasteiger partial charge in [0.15, 0.2) is 0 Å². The van der Waals surface area contributed by atoms with E-state index < -0.39 is 0 Å². The zero-order valence-electron chi connectivity index (χ0n) is 11.6. The molecule has 3 heteroatoms. The second-order valence-electron chi connectivity index (χ2n) is 5.26. The standard InChI is InChI=1S/C15H25NOS/c1-3-16-14(7-6-13-8-11-18-12-13)15(17-2)9-4-5-10-15/h8,11-12,14,16H,3-7,9-10H2,1-2H3. The van der Waals surface area contributed by atoms with Gasteiger partial charge in [-0.25, -0.2) is 0 Å². The first-order valence-electron chi connectivity index (χ1n) is 7.10. The van der Waals surface area contributed by atoms with Crippen LogP contribution in [0, 0.1) is 0 Å². The van der Waals surface area contributed by atoms with Gasteiger partial charge in [0.05, 0.1) is 5.60 Å². The first-order valence-corrected chi connectivity index (χ1v) is 8.04. The number of hydrogen-bond donors (Lipinski definition) is 1. The van der Waals surface area contributed by atoms with Gasteiger partial charge in [0, 0.05) is 13.2 Å². The average Bonchev–Trinajstić information content (AvgIpc) is 3.06. The molecule has 1 aromatic heterocycles. The molecule has 1 N–H and O–H groups in total. The minimum absolute atomic E-state index is 0.0893. The van der Waals surface area contributed by atoms with Crippen LogP contribution >= 0.6 is 11.3 Å². The Morgan fingerprint density at radius 1 is 1.44 bits per heavy atom. The Balaban J connectivity index is 1.98. The van der Waals surface area contributed by atoms with Crippen LogP contribution < -0.4 is 5.32 Å². The van der Waals surface area contributed by atoms with Crippen molar-refractivity contribution in [3.05, 3.63) is 22.4 Å². The van der Waals surface area contributed by atoms with Crippen LogP contribution in [0.4, 0.5) is 0 Å². The van der Waals surface area contributed by atoms with Gasteiger partial charge in [0.2, 0.25) is 0 Å². The van der Waals surface area contributed by atoms with Crippen molar-refractivity contribution >= 4 is 11.3 Å². The highest BCUT2D eigenvalue weighted by Gasteiger charge is 2.40. The minimum Gasteiger partial charge on any atom is -0.377 e. The van der Waals surface area contributed by atoms with E-state index in [2.05, 4.69) is 29.1 Å². The van der Waals surface area contributed by atoms with Crippen molar-refractivity contribution < 1.29 is 4.74 Å². The van der Waals surface area contributed by atoms with E-state index >= 15 is 0 Å². The lowest BCUT2D eigenvalue weighted by atomic mass is 9.88. The Hall–Kier alpha value is -0.380. The second-order valence-corrected chi connectivity index (χ2v) is 6.04. The summed E-state index contributed by atoms with van der Waals surface area (Å²) in [6, 6.07) is 2.73. The van der Waals surface area contributed by atoms with E-state index in [-0.39, 0.29) is 5.60 Å². The number of hydrogen-bond acceptors (Lipinski definition) is 3. The third-order valence-electron chi connectivity index (χ3n) is 4.24. The third-order valence-corrected chi connectivity index (χ3v) is 4.98. The highest BCUT2D eigenvalue weighted by Crippen LogP contribution is 2.37. The van der Waals surface area contributed by atoms with Crippen LogP contribution in [0.15, 0.2) is 16.8 Å². The lowest BCUT2D eigenvalue weighted by Gasteiger charge is -2.37. The van der Waals surface area contributed by atoms with E-state index in [9.17, 15) is 0 Å². The summed E-state index contributed by atoms with van der Waals surface area (Å²) < 4.78 is 5.92. The van der Waals surface area contributed by atoms with Gasteiger partial charge in [-0.05, 0) is 54.6 Å². The molecule has 1 aliphatic rings. The van der Waals surface area contributed by atoms with Crippen LogP contribution in [0.25, 0.3) is 0 Å². The maximum Gasteiger partial charge on any atom is 0.0831 e. The molecule has 0 bridgehead atoms. The Morgan fingerprint density at radius 2 is 2.22 bits per heavy atom. The number of nitrogens with one attached hydrogen (secondary N) is 1. The first kappa shape index (κ1) is 14.0. The SMILES string of the molecule is CCNC(CCc1ccsc1)C1(OC)CCCC1. The van der Waals surface area contributed by atoms with Crippen LogP contribution in [0.1, 0.15) is 44.6 Å². The molecule has 1 aliphatic carbocycles. The van der Waals surface area contributed by atoms with E-state index in [1.807, 2.05) is 7.11 Å². The van der Waals surface area contributed by atoms with Crippen LogP contribution in [-0.4, -0.2) is 25.3 Å². The summed E-state index contributed by atoms with van der Waals surface area (Å²) in [6.45, 7) is 3.22. The Labute approximate surface area is 115 Å². The van der Waals surface area contributed by atoms with Crippen molar-refractivity contribution in [3.8, 4) is 0 Å². The lowest BCUT2D eigenvalue weighted by molar-refractivity contribution is -0.0372. The zero-order valence-corrected chi connectivity index (χ0v) is 12.4. The predicted octanol–water partition coefficient (Wildman–Crippen LogP) is 3.62. The molecule has 0 aliphatic heterocycles. The Morgan fingerprint density at radius 3 is 2.78 bits per heavy atom. The van der Waals surface area contributed by atoms with Crippen LogP contribution in [-0.2, 0) is 11.2 Å². The molecule has 2 nitrogen and oxygen atoms in total. The van der Waals surface area contributed by atoms with E-state index in [1.165, 1.54) is 37.7 Å². The predicted molar refractivity (Wildman–Crippen MR) is 78.3 cm³/mol. The van der Waals surface area contributed by atoms with Gasteiger partial charge in [-0.1, -0.05) is 19.8 Å². The lowest BCUT2D eigenvalue weighted by Crippen LogP contribution is -2.50. The molecule has 0 radical (unpaired) electrons. The molecule has 18 heavy (non-hydrogen) atoms. The summed E-state index contributed by atoms with van der Waals surface area (Å²) in [4.78, 5) is 0. The van der Waals surface area contributed by atoms with Crippen molar-refractivity contribution in [2.24, 2.45) is 0 Å². The number of likely N-dealkylation sites (N-methyl/N-ethyl adjacent to an activating group) is 1. The van der Waals surface area contributed by atoms with Gasteiger partial charge in [-0.15, -0.1) is 0 Å². The summed E-state index contributed by atoms with van der Waals surface area (Å²) in [5.74, 6) is 0. The maximum absolute atomic E-state index is 5.92. The molecular formula is C15H25NOS. The largest absolute Gasteiger partial charge is 0.377 e. The van der Waals surface area contributed by atoms with Crippen LogP contribution in [0.2, 0.25) is 0 Å². The summed E-state index contributed by atoms with van der Waals surface area (Å²) >= 11 is 1.79. The molecule has 1 atom stereocenters. The molecule has 0 aromatic carbocycles. The number of ether oxygens (including phenoxy) is 1. The Bertz CT molecular complexity index is 330. The molecule has 0 amide bonds. The number of rotatable bonds is 7. The number of methoxy groups -OCH3 is 1. The Kier molecular flexibility index (Phi) is 5.22. The molecule has 1 saturated carbocycles. The fraction of sp³-hybridized carbons (Fsp3) is 0.733. The molecular weight excluding hydrogens is 242 g/mol. The smallest absolute Gasteiger partial charge is 0.0831 e. The summed E-state index contributed by atoms with van der Waals surface area (Å²) in [5, 5.41) is 8.08. The van der Waals surface area contributed by atoms with Crippen LogP contribution in [0.3, 0.4) is 0 Å². The molecule has 1 unspecified atom stereocenters. The van der Waals surface area contributed by atoms with Gasteiger partial charge in [0.25, 0.3) is 0 Å². The summed E-state index contributed by atoms with van der Waals surface area (Å²) in [7, 11) is 1.89. The topological polar surface area (TPSA) is 21.3 Å². The van der Waals surface area contributed by atoms with Gasteiger partial charge in [-0.3, -0.25) is 0 Å². The van der Waals surface area contributed by atoms with E-state index in [1.54, 1.807) is 11.3 Å². The van der Waals surface area contributed by atoms with Gasteiger partial charge in [-0.2, -0.15) is 11.3 Å². The summed E-state index contributed by atoms with van der Waals surface area (Å²) in [5.41, 5.74) is 1.55. The first-order chi connectivity index (χ1) is 8.80. The van der Waals surface area contributed by atoms with Gasteiger partial charge >= 0.3 is 0 Å². The van der Waals surface area contributed by atoms with Crippen molar-refractivity contribution in [1.82, 2.24) is 5.32 Å². The normalized spacial score (nSPS) is 20.1. The molecule has 1 fully saturated rings. The summed E-state index contributed by atoms with van der Waals surface area (Å²) in [6.07, 6.45) is 7.39. The minimum atomic E-state index is 0.0893. The molecule has 1 aromatic rings. The molecule has 0 spiro atoms. The fourth-order valence-electron chi connectivity index (χ4n) is 3.21. The monoisotopic (exact) mass is 267 g/mol. The van der Waals surface area contributed by atoms with Crippen molar-refractivity contribution in [2.75, 3.05) is 13.7 Å². The highest BCUT2D eigenvalue weighted by molar-refractivity contribution is 7.07.